The third-order valence-corrected chi connectivity index (χ3v) is 13.3. The number of fused-ring (bicyclic) bond motifs is 11. The monoisotopic (exact) mass is 808 g/mol. The standard InChI is InChI=1S/C58H40N4O/c1-58(2)49-19-8-6-15-45(49)46-33-31-42(35-50(46)58)61-53-34-32-43(36-54(53)62-52-21-10-9-20-51(52)59-57(61)62)60(40-27-23-38(24-28-40)37-13-4-3-5-14-37)41-29-25-39(26-30-41)44-17-12-18-48-47-16-7-11-22-55(47)63-56(44)48/h3-36H,1-2H3. The van der Waals surface area contributed by atoms with E-state index in [4.69, 9.17) is 9.40 Å². The van der Waals surface area contributed by atoms with Gasteiger partial charge in [-0.15, -0.1) is 0 Å². The van der Waals surface area contributed by atoms with Crippen LogP contribution >= 0.6 is 0 Å². The van der Waals surface area contributed by atoms with Crippen LogP contribution in [0.3, 0.4) is 0 Å². The first kappa shape index (κ1) is 35.6. The molecule has 0 amide bonds. The fourth-order valence-corrected chi connectivity index (χ4v) is 10.3. The number of furan rings is 1. The number of para-hydroxylation sites is 4. The smallest absolute Gasteiger partial charge is 0.220 e. The summed E-state index contributed by atoms with van der Waals surface area (Å²) in [5.74, 6) is 0.888. The topological polar surface area (TPSA) is 38.6 Å². The summed E-state index contributed by atoms with van der Waals surface area (Å²) < 4.78 is 11.1. The summed E-state index contributed by atoms with van der Waals surface area (Å²) in [4.78, 5) is 7.66. The summed E-state index contributed by atoms with van der Waals surface area (Å²) in [5.41, 5.74) is 20.0. The van der Waals surface area contributed by atoms with Gasteiger partial charge in [-0.3, -0.25) is 8.97 Å². The number of benzene rings is 9. The number of nitrogens with zero attached hydrogens (tertiary/aromatic N) is 4. The minimum atomic E-state index is -0.126. The maximum absolute atomic E-state index is 6.46. The maximum Gasteiger partial charge on any atom is 0.220 e. The molecule has 63 heavy (non-hydrogen) atoms. The fourth-order valence-electron chi connectivity index (χ4n) is 10.3. The molecule has 0 atom stereocenters. The molecule has 12 aromatic rings. The number of anilines is 3. The summed E-state index contributed by atoms with van der Waals surface area (Å²) in [5, 5.41) is 2.25. The molecule has 9 aromatic carbocycles. The minimum absolute atomic E-state index is 0.126. The van der Waals surface area contributed by atoms with Crippen LogP contribution in [0.15, 0.2) is 211 Å². The second kappa shape index (κ2) is 13.4. The lowest BCUT2D eigenvalue weighted by molar-refractivity contribution is 0.660. The highest BCUT2D eigenvalue weighted by molar-refractivity contribution is 6.09. The van der Waals surface area contributed by atoms with Crippen LogP contribution < -0.4 is 4.90 Å². The van der Waals surface area contributed by atoms with E-state index in [9.17, 15) is 0 Å². The van der Waals surface area contributed by atoms with Crippen molar-refractivity contribution in [2.24, 2.45) is 0 Å². The first-order valence-corrected chi connectivity index (χ1v) is 21.6. The van der Waals surface area contributed by atoms with E-state index in [1.54, 1.807) is 0 Å². The Morgan fingerprint density at radius 3 is 1.95 bits per heavy atom. The molecule has 1 aliphatic carbocycles. The van der Waals surface area contributed by atoms with Crippen molar-refractivity contribution in [3.63, 3.8) is 0 Å². The average Bonchev–Trinajstić information content (AvgIpc) is 4.06. The maximum atomic E-state index is 6.46. The van der Waals surface area contributed by atoms with Gasteiger partial charge in [-0.1, -0.05) is 147 Å². The summed E-state index contributed by atoms with van der Waals surface area (Å²) in [6.45, 7) is 4.68. The Morgan fingerprint density at radius 2 is 1.11 bits per heavy atom. The van der Waals surface area contributed by atoms with E-state index in [-0.39, 0.29) is 5.41 Å². The Bertz CT molecular complexity index is 3760. The largest absolute Gasteiger partial charge is 0.455 e. The highest BCUT2D eigenvalue weighted by Crippen LogP contribution is 2.49. The van der Waals surface area contributed by atoms with Gasteiger partial charge in [0.25, 0.3) is 0 Å². The van der Waals surface area contributed by atoms with Crippen LogP contribution in [0.1, 0.15) is 25.0 Å². The Labute approximate surface area is 364 Å². The SMILES string of the molecule is CC1(C)c2ccccc2-c2ccc(-n3c4ccc(N(c5ccc(-c6ccccc6)cc5)c5ccc(-c6cccc7c6oc6ccccc67)cc5)cc4n4c5ccccc5nc34)cc21. The predicted octanol–water partition coefficient (Wildman–Crippen LogP) is 15.4. The Morgan fingerprint density at radius 1 is 0.460 bits per heavy atom. The van der Waals surface area contributed by atoms with Crippen molar-refractivity contribution in [3.05, 3.63) is 217 Å². The Balaban J connectivity index is 0.988. The second-order valence-corrected chi connectivity index (χ2v) is 17.2. The zero-order valence-corrected chi connectivity index (χ0v) is 34.8. The van der Waals surface area contributed by atoms with Crippen molar-refractivity contribution in [3.8, 4) is 39.1 Å². The van der Waals surface area contributed by atoms with Crippen molar-refractivity contribution < 1.29 is 4.42 Å². The number of hydrogen-bond donors (Lipinski definition) is 0. The number of hydrogen-bond acceptors (Lipinski definition) is 3. The molecule has 0 N–H and O–H groups in total. The molecule has 0 aliphatic heterocycles. The van der Waals surface area contributed by atoms with Gasteiger partial charge in [0.2, 0.25) is 5.78 Å². The molecule has 0 saturated heterocycles. The molecule has 0 fully saturated rings. The number of rotatable bonds is 6. The van der Waals surface area contributed by atoms with Crippen LogP contribution in [0, 0.1) is 0 Å². The van der Waals surface area contributed by atoms with E-state index in [1.165, 1.54) is 33.4 Å². The molecule has 0 spiro atoms. The summed E-state index contributed by atoms with van der Waals surface area (Å²) in [6.07, 6.45) is 0. The normalized spacial score (nSPS) is 13.0. The van der Waals surface area contributed by atoms with Gasteiger partial charge in [0.15, 0.2) is 0 Å². The van der Waals surface area contributed by atoms with Crippen LogP contribution in [-0.2, 0) is 5.41 Å². The van der Waals surface area contributed by atoms with E-state index in [1.807, 2.05) is 12.1 Å². The molecule has 5 nitrogen and oxygen atoms in total. The molecule has 1 aliphatic rings. The van der Waals surface area contributed by atoms with Gasteiger partial charge in [0.1, 0.15) is 11.2 Å². The van der Waals surface area contributed by atoms with Gasteiger partial charge in [0.05, 0.1) is 22.1 Å². The molecule has 0 saturated carbocycles. The second-order valence-electron chi connectivity index (χ2n) is 17.2. The molecular formula is C58H40N4O. The fraction of sp³-hybridized carbons (Fsp3) is 0.0517. The van der Waals surface area contributed by atoms with Crippen molar-refractivity contribution in [2.45, 2.75) is 19.3 Å². The zero-order valence-electron chi connectivity index (χ0n) is 34.8. The first-order valence-electron chi connectivity index (χ1n) is 21.6. The molecule has 13 rings (SSSR count). The van der Waals surface area contributed by atoms with E-state index in [0.29, 0.717) is 0 Å². The molecular weight excluding hydrogens is 769 g/mol. The Kier molecular flexibility index (Phi) is 7.58. The molecule has 0 radical (unpaired) electrons. The highest BCUT2D eigenvalue weighted by atomic mass is 16.3. The van der Waals surface area contributed by atoms with Gasteiger partial charge in [-0.2, -0.15) is 0 Å². The lowest BCUT2D eigenvalue weighted by Gasteiger charge is -2.26. The third-order valence-electron chi connectivity index (χ3n) is 13.3. The van der Waals surface area contributed by atoms with E-state index < -0.39 is 0 Å². The van der Waals surface area contributed by atoms with Crippen LogP contribution in [0.2, 0.25) is 0 Å². The van der Waals surface area contributed by atoms with Crippen LogP contribution in [0.25, 0.3) is 88.9 Å². The summed E-state index contributed by atoms with van der Waals surface area (Å²) >= 11 is 0. The number of imidazole rings is 2. The van der Waals surface area contributed by atoms with Gasteiger partial charge in [0, 0.05) is 44.5 Å². The van der Waals surface area contributed by atoms with Crippen molar-refractivity contribution >= 4 is 66.8 Å². The summed E-state index contributed by atoms with van der Waals surface area (Å²) in [6, 6.07) is 74.1. The molecule has 5 heteroatoms. The number of aromatic nitrogens is 3. The Hall–Kier alpha value is -8.15. The van der Waals surface area contributed by atoms with E-state index >= 15 is 0 Å². The van der Waals surface area contributed by atoms with Gasteiger partial charge in [-0.25, -0.2) is 4.98 Å². The molecule has 3 aromatic heterocycles. The van der Waals surface area contributed by atoms with Crippen molar-refractivity contribution in [2.75, 3.05) is 4.90 Å². The van der Waals surface area contributed by atoms with Crippen LogP contribution in [-0.4, -0.2) is 14.0 Å². The molecule has 0 bridgehead atoms. The van der Waals surface area contributed by atoms with Gasteiger partial charge >= 0.3 is 0 Å². The van der Waals surface area contributed by atoms with E-state index in [0.717, 1.165) is 83.7 Å². The lowest BCUT2D eigenvalue weighted by Crippen LogP contribution is -2.15. The first-order chi connectivity index (χ1) is 31.0. The lowest BCUT2D eigenvalue weighted by atomic mass is 9.82. The minimum Gasteiger partial charge on any atom is -0.455 e. The van der Waals surface area contributed by atoms with Gasteiger partial charge < -0.3 is 9.32 Å². The average molecular weight is 809 g/mol. The third kappa shape index (κ3) is 5.33. The van der Waals surface area contributed by atoms with Crippen molar-refractivity contribution in [1.82, 2.24) is 14.0 Å². The molecule has 298 valence electrons. The van der Waals surface area contributed by atoms with Crippen LogP contribution in [0.4, 0.5) is 17.1 Å². The van der Waals surface area contributed by atoms with Gasteiger partial charge in [-0.05, 0) is 112 Å². The highest BCUT2D eigenvalue weighted by Gasteiger charge is 2.35. The molecule has 0 unspecified atom stereocenters. The van der Waals surface area contributed by atoms with E-state index in [2.05, 4.69) is 222 Å². The molecule has 3 heterocycles. The van der Waals surface area contributed by atoms with Crippen LogP contribution in [0.5, 0.6) is 0 Å². The van der Waals surface area contributed by atoms with Crippen molar-refractivity contribution in [1.29, 1.82) is 0 Å². The zero-order chi connectivity index (χ0) is 41.8. The quantitative estimate of drug-likeness (QED) is 0.168. The predicted molar refractivity (Wildman–Crippen MR) is 260 cm³/mol. The summed E-state index contributed by atoms with van der Waals surface area (Å²) in [7, 11) is 0.